The Labute approximate surface area is 104 Å². The monoisotopic (exact) mass is 249 g/mol. The molecule has 1 aromatic heterocycles. The molecule has 0 unspecified atom stereocenters. The van der Waals surface area contributed by atoms with Crippen LogP contribution in [0.15, 0.2) is 24.3 Å². The minimum absolute atomic E-state index is 0.144. The molecule has 1 heterocycles. The van der Waals surface area contributed by atoms with E-state index in [1.165, 1.54) is 0 Å². The van der Waals surface area contributed by atoms with Gasteiger partial charge in [0.15, 0.2) is 0 Å². The van der Waals surface area contributed by atoms with Gasteiger partial charge in [-0.3, -0.25) is 0 Å². The van der Waals surface area contributed by atoms with E-state index in [1.807, 2.05) is 38.1 Å². The zero-order valence-electron chi connectivity index (χ0n) is 9.86. The number of thiazole rings is 1. The van der Waals surface area contributed by atoms with Crippen LogP contribution in [0.25, 0.3) is 10.2 Å². The van der Waals surface area contributed by atoms with Crippen LogP contribution in [-0.4, -0.2) is 17.1 Å². The summed E-state index contributed by atoms with van der Waals surface area (Å²) >= 11 is 1.60. The van der Waals surface area contributed by atoms with Crippen LogP contribution in [0.3, 0.4) is 0 Å². The van der Waals surface area contributed by atoms with Crippen molar-refractivity contribution in [3.8, 4) is 0 Å². The first kappa shape index (κ1) is 11.9. The molecule has 1 aromatic carbocycles. The number of carbonyl (C=O) groups excluding carboxylic acids is 1. The number of para-hydroxylation sites is 1. The van der Waals surface area contributed by atoms with Crippen LogP contribution in [0.4, 0.5) is 4.79 Å². The van der Waals surface area contributed by atoms with E-state index in [4.69, 9.17) is 0 Å². The smallest absolute Gasteiger partial charge is 0.315 e. The Hall–Kier alpha value is -1.62. The molecule has 4 nitrogen and oxygen atoms in total. The Kier molecular flexibility index (Phi) is 3.58. The fraction of sp³-hybridized carbons (Fsp3) is 0.333. The first-order valence-corrected chi connectivity index (χ1v) is 6.35. The zero-order chi connectivity index (χ0) is 12.3. The fourth-order valence-corrected chi connectivity index (χ4v) is 2.37. The highest BCUT2D eigenvalue weighted by Gasteiger charge is 2.05. The molecule has 0 saturated carbocycles. The number of benzene rings is 1. The molecule has 90 valence electrons. The summed E-state index contributed by atoms with van der Waals surface area (Å²) in [5, 5.41) is 6.48. The van der Waals surface area contributed by atoms with Crippen LogP contribution in [0, 0.1) is 0 Å². The van der Waals surface area contributed by atoms with Crippen molar-refractivity contribution in [2.24, 2.45) is 0 Å². The largest absolute Gasteiger partial charge is 0.336 e. The summed E-state index contributed by atoms with van der Waals surface area (Å²) in [6.07, 6.45) is 0. The van der Waals surface area contributed by atoms with Crippen molar-refractivity contribution in [2.45, 2.75) is 26.4 Å². The van der Waals surface area contributed by atoms with Gasteiger partial charge in [0.05, 0.1) is 16.8 Å². The van der Waals surface area contributed by atoms with Gasteiger partial charge in [-0.2, -0.15) is 0 Å². The summed E-state index contributed by atoms with van der Waals surface area (Å²) < 4.78 is 1.15. The highest BCUT2D eigenvalue weighted by atomic mass is 32.1. The number of nitrogens with one attached hydrogen (secondary N) is 2. The average molecular weight is 249 g/mol. The number of hydrogen-bond donors (Lipinski definition) is 2. The molecule has 2 amide bonds. The Morgan fingerprint density at radius 1 is 1.41 bits per heavy atom. The molecule has 0 atom stereocenters. The number of rotatable bonds is 3. The highest BCUT2D eigenvalue weighted by molar-refractivity contribution is 7.18. The fourth-order valence-electron chi connectivity index (χ4n) is 1.46. The minimum atomic E-state index is -0.153. The molecule has 0 radical (unpaired) electrons. The van der Waals surface area contributed by atoms with Gasteiger partial charge in [-0.05, 0) is 26.0 Å². The van der Waals surface area contributed by atoms with Gasteiger partial charge in [-0.15, -0.1) is 11.3 Å². The van der Waals surface area contributed by atoms with E-state index in [1.54, 1.807) is 11.3 Å². The maximum Gasteiger partial charge on any atom is 0.315 e. The Balaban J connectivity index is 1.97. The van der Waals surface area contributed by atoms with Crippen molar-refractivity contribution in [2.75, 3.05) is 0 Å². The van der Waals surface area contributed by atoms with Crippen LogP contribution in [0.2, 0.25) is 0 Å². The molecule has 17 heavy (non-hydrogen) atoms. The Bertz CT molecular complexity index is 488. The number of hydrogen-bond acceptors (Lipinski definition) is 3. The van der Waals surface area contributed by atoms with Crippen molar-refractivity contribution >= 4 is 27.6 Å². The predicted octanol–water partition coefficient (Wildman–Crippen LogP) is 2.50. The van der Waals surface area contributed by atoms with Crippen molar-refractivity contribution in [1.82, 2.24) is 15.6 Å². The lowest BCUT2D eigenvalue weighted by atomic mass is 10.3. The van der Waals surface area contributed by atoms with E-state index >= 15 is 0 Å². The lowest BCUT2D eigenvalue weighted by molar-refractivity contribution is 0.238. The number of urea groups is 1. The summed E-state index contributed by atoms with van der Waals surface area (Å²) in [6.45, 7) is 4.33. The van der Waals surface area contributed by atoms with E-state index in [9.17, 15) is 4.79 Å². The molecule has 0 bridgehead atoms. The molecule has 0 aliphatic heterocycles. The quantitative estimate of drug-likeness (QED) is 0.878. The summed E-state index contributed by atoms with van der Waals surface area (Å²) in [6, 6.07) is 7.95. The average Bonchev–Trinajstić information content (AvgIpc) is 2.68. The van der Waals surface area contributed by atoms with Crippen LogP contribution in [0.1, 0.15) is 18.9 Å². The van der Waals surface area contributed by atoms with Crippen molar-refractivity contribution in [1.29, 1.82) is 0 Å². The van der Waals surface area contributed by atoms with E-state index in [0.717, 1.165) is 15.2 Å². The number of nitrogens with zero attached hydrogens (tertiary/aromatic N) is 1. The molecule has 0 aliphatic carbocycles. The molecular weight excluding hydrogens is 234 g/mol. The van der Waals surface area contributed by atoms with E-state index in [2.05, 4.69) is 15.6 Å². The number of carbonyl (C=O) groups is 1. The SMILES string of the molecule is CC(C)NC(=O)NCc1nc2ccccc2s1. The first-order valence-electron chi connectivity index (χ1n) is 5.54. The highest BCUT2D eigenvalue weighted by Crippen LogP contribution is 2.21. The van der Waals surface area contributed by atoms with Gasteiger partial charge < -0.3 is 10.6 Å². The molecule has 0 spiro atoms. The van der Waals surface area contributed by atoms with Gasteiger partial charge in [-0.1, -0.05) is 12.1 Å². The van der Waals surface area contributed by atoms with Crippen LogP contribution in [-0.2, 0) is 6.54 Å². The van der Waals surface area contributed by atoms with Crippen LogP contribution < -0.4 is 10.6 Å². The van der Waals surface area contributed by atoms with Crippen molar-refractivity contribution < 1.29 is 4.79 Å². The second-order valence-electron chi connectivity index (χ2n) is 4.06. The third-order valence-corrected chi connectivity index (χ3v) is 3.19. The molecule has 0 aliphatic rings. The number of amides is 2. The van der Waals surface area contributed by atoms with Gasteiger partial charge in [0.1, 0.15) is 5.01 Å². The number of fused-ring (bicyclic) bond motifs is 1. The number of aromatic nitrogens is 1. The summed E-state index contributed by atoms with van der Waals surface area (Å²) in [5.41, 5.74) is 0.985. The molecule has 0 fully saturated rings. The third-order valence-electron chi connectivity index (χ3n) is 2.16. The zero-order valence-corrected chi connectivity index (χ0v) is 10.7. The minimum Gasteiger partial charge on any atom is -0.336 e. The van der Waals surface area contributed by atoms with Crippen molar-refractivity contribution in [3.05, 3.63) is 29.3 Å². The van der Waals surface area contributed by atoms with E-state index in [0.29, 0.717) is 6.54 Å². The summed E-state index contributed by atoms with van der Waals surface area (Å²) in [5.74, 6) is 0. The summed E-state index contributed by atoms with van der Waals surface area (Å²) in [7, 11) is 0. The maximum absolute atomic E-state index is 11.4. The topological polar surface area (TPSA) is 54.0 Å². The predicted molar refractivity (Wildman–Crippen MR) is 70.1 cm³/mol. The second kappa shape index (κ2) is 5.14. The van der Waals surface area contributed by atoms with Gasteiger partial charge in [-0.25, -0.2) is 9.78 Å². The lowest BCUT2D eigenvalue weighted by Gasteiger charge is -2.08. The van der Waals surface area contributed by atoms with E-state index < -0.39 is 0 Å². The molecule has 2 aromatic rings. The normalized spacial score (nSPS) is 10.8. The molecule has 2 rings (SSSR count). The Morgan fingerprint density at radius 2 is 2.18 bits per heavy atom. The first-order chi connectivity index (χ1) is 8.15. The molecular formula is C12H15N3OS. The van der Waals surface area contributed by atoms with Crippen LogP contribution >= 0.6 is 11.3 Å². The molecule has 0 saturated heterocycles. The van der Waals surface area contributed by atoms with Gasteiger partial charge >= 0.3 is 6.03 Å². The van der Waals surface area contributed by atoms with E-state index in [-0.39, 0.29) is 12.1 Å². The van der Waals surface area contributed by atoms with Crippen LogP contribution in [0.5, 0.6) is 0 Å². The van der Waals surface area contributed by atoms with Crippen molar-refractivity contribution in [3.63, 3.8) is 0 Å². The van der Waals surface area contributed by atoms with Gasteiger partial charge in [0, 0.05) is 6.04 Å². The molecule has 2 N–H and O–H groups in total. The van der Waals surface area contributed by atoms with Gasteiger partial charge in [0.2, 0.25) is 0 Å². The third kappa shape index (κ3) is 3.17. The Morgan fingerprint density at radius 3 is 2.88 bits per heavy atom. The maximum atomic E-state index is 11.4. The standard InChI is InChI=1S/C12H15N3OS/c1-8(2)14-12(16)13-7-11-15-9-5-3-4-6-10(9)17-11/h3-6,8H,7H2,1-2H3,(H2,13,14,16). The van der Waals surface area contributed by atoms with Gasteiger partial charge in [0.25, 0.3) is 0 Å². The second-order valence-corrected chi connectivity index (χ2v) is 5.17. The summed E-state index contributed by atoms with van der Waals surface area (Å²) in [4.78, 5) is 15.8. The lowest BCUT2D eigenvalue weighted by Crippen LogP contribution is -2.38. The molecule has 5 heteroatoms.